The van der Waals surface area contributed by atoms with Crippen LogP contribution in [0, 0.1) is 22.5 Å². The second-order valence-electron chi connectivity index (χ2n) is 5.84. The quantitative estimate of drug-likeness (QED) is 0.650. The molecule has 116 valence electrons. The number of hydrogen-bond acceptors (Lipinski definition) is 5. The zero-order chi connectivity index (χ0) is 16.5. The number of benzene rings is 1. The molecule has 0 saturated carbocycles. The van der Waals surface area contributed by atoms with Crippen molar-refractivity contribution in [2.24, 2.45) is 11.1 Å². The molecule has 0 aliphatic rings. The normalized spacial score (nSPS) is 11.4. The van der Waals surface area contributed by atoms with Gasteiger partial charge in [0, 0.05) is 29.4 Å². The van der Waals surface area contributed by atoms with E-state index >= 15 is 0 Å². The number of nitro groups is 1. The number of rotatable bonds is 5. The number of carbonyl (C=O) groups excluding carboxylic acids is 1. The highest BCUT2D eigenvalue weighted by Gasteiger charge is 2.25. The SMILES string of the molecule is Cc1cc(NCC(C)(C)C(N)=O)c2cccc([N+](=O)[O-])c2n1. The summed E-state index contributed by atoms with van der Waals surface area (Å²) in [6.45, 7) is 5.56. The Hall–Kier alpha value is -2.70. The van der Waals surface area contributed by atoms with Gasteiger partial charge in [0.15, 0.2) is 5.52 Å². The molecule has 22 heavy (non-hydrogen) atoms. The molecule has 1 aromatic carbocycles. The van der Waals surface area contributed by atoms with E-state index in [9.17, 15) is 14.9 Å². The van der Waals surface area contributed by atoms with E-state index in [1.807, 2.05) is 0 Å². The first kappa shape index (κ1) is 15.7. The Kier molecular flexibility index (Phi) is 3.99. The number of nitrogens with one attached hydrogen (secondary N) is 1. The smallest absolute Gasteiger partial charge is 0.295 e. The van der Waals surface area contributed by atoms with Crippen LogP contribution in [0.5, 0.6) is 0 Å². The van der Waals surface area contributed by atoms with E-state index in [-0.39, 0.29) is 5.69 Å². The number of carbonyl (C=O) groups is 1. The van der Waals surface area contributed by atoms with E-state index in [0.717, 1.165) is 0 Å². The molecule has 1 heterocycles. The van der Waals surface area contributed by atoms with Crippen molar-refractivity contribution in [2.75, 3.05) is 11.9 Å². The van der Waals surface area contributed by atoms with Crippen LogP contribution in [0.15, 0.2) is 24.3 Å². The maximum Gasteiger partial charge on any atom is 0.295 e. The van der Waals surface area contributed by atoms with Gasteiger partial charge in [-0.25, -0.2) is 4.98 Å². The van der Waals surface area contributed by atoms with Crippen molar-refractivity contribution < 1.29 is 9.72 Å². The van der Waals surface area contributed by atoms with Gasteiger partial charge >= 0.3 is 0 Å². The summed E-state index contributed by atoms with van der Waals surface area (Å²) in [5, 5.41) is 14.9. The van der Waals surface area contributed by atoms with Crippen molar-refractivity contribution in [1.82, 2.24) is 4.98 Å². The summed E-state index contributed by atoms with van der Waals surface area (Å²) in [6.07, 6.45) is 0. The highest BCUT2D eigenvalue weighted by atomic mass is 16.6. The van der Waals surface area contributed by atoms with Gasteiger partial charge in [-0.1, -0.05) is 12.1 Å². The summed E-state index contributed by atoms with van der Waals surface area (Å²) in [5.74, 6) is -0.416. The van der Waals surface area contributed by atoms with Gasteiger partial charge in [0.05, 0.1) is 10.3 Å². The Labute approximate surface area is 127 Å². The van der Waals surface area contributed by atoms with E-state index in [0.29, 0.717) is 28.8 Å². The van der Waals surface area contributed by atoms with Gasteiger partial charge in [0.25, 0.3) is 5.69 Å². The van der Waals surface area contributed by atoms with Crippen LogP contribution in [0.25, 0.3) is 10.9 Å². The lowest BCUT2D eigenvalue weighted by molar-refractivity contribution is -0.383. The van der Waals surface area contributed by atoms with Crippen LogP contribution in [-0.2, 0) is 4.79 Å². The lowest BCUT2D eigenvalue weighted by Gasteiger charge is -2.22. The topological polar surface area (TPSA) is 111 Å². The van der Waals surface area contributed by atoms with Gasteiger partial charge in [-0.2, -0.15) is 0 Å². The molecule has 2 rings (SSSR count). The third-order valence-corrected chi connectivity index (χ3v) is 3.53. The van der Waals surface area contributed by atoms with Crippen LogP contribution in [0.4, 0.5) is 11.4 Å². The molecule has 2 aromatic rings. The Bertz CT molecular complexity index is 756. The summed E-state index contributed by atoms with van der Waals surface area (Å²) in [6, 6.07) is 6.59. The van der Waals surface area contributed by atoms with Crippen LogP contribution in [-0.4, -0.2) is 22.4 Å². The van der Waals surface area contributed by atoms with Gasteiger partial charge in [-0.05, 0) is 26.8 Å². The Morgan fingerprint density at radius 2 is 2.14 bits per heavy atom. The van der Waals surface area contributed by atoms with Crippen LogP contribution in [0.2, 0.25) is 0 Å². The number of nitrogens with zero attached hydrogens (tertiary/aromatic N) is 2. The monoisotopic (exact) mass is 302 g/mol. The fourth-order valence-electron chi connectivity index (χ4n) is 2.06. The predicted molar refractivity (Wildman–Crippen MR) is 84.6 cm³/mol. The van der Waals surface area contributed by atoms with Gasteiger partial charge in [0.2, 0.25) is 5.91 Å². The van der Waals surface area contributed by atoms with Crippen LogP contribution in [0.1, 0.15) is 19.5 Å². The number of nitrogens with two attached hydrogens (primary N) is 1. The van der Waals surface area contributed by atoms with E-state index in [2.05, 4.69) is 10.3 Å². The first-order valence-electron chi connectivity index (χ1n) is 6.81. The second kappa shape index (κ2) is 5.59. The van der Waals surface area contributed by atoms with Gasteiger partial charge in [-0.15, -0.1) is 0 Å². The van der Waals surface area contributed by atoms with Crippen LogP contribution in [0.3, 0.4) is 0 Å². The van der Waals surface area contributed by atoms with Crippen molar-refractivity contribution >= 4 is 28.2 Å². The Morgan fingerprint density at radius 1 is 1.45 bits per heavy atom. The Balaban J connectivity index is 2.49. The minimum absolute atomic E-state index is 0.0431. The number of primary amides is 1. The first-order valence-corrected chi connectivity index (χ1v) is 6.81. The molecular weight excluding hydrogens is 284 g/mol. The maximum atomic E-state index is 11.4. The zero-order valence-electron chi connectivity index (χ0n) is 12.7. The highest BCUT2D eigenvalue weighted by molar-refractivity contribution is 5.96. The zero-order valence-corrected chi connectivity index (χ0v) is 12.7. The maximum absolute atomic E-state index is 11.4. The van der Waals surface area contributed by atoms with Crippen molar-refractivity contribution in [1.29, 1.82) is 0 Å². The van der Waals surface area contributed by atoms with E-state index in [1.165, 1.54) is 6.07 Å². The molecule has 1 aromatic heterocycles. The average molecular weight is 302 g/mol. The Morgan fingerprint density at radius 3 is 2.73 bits per heavy atom. The van der Waals surface area contributed by atoms with Crippen molar-refractivity contribution in [3.8, 4) is 0 Å². The third kappa shape index (κ3) is 2.98. The number of amides is 1. The largest absolute Gasteiger partial charge is 0.383 e. The minimum atomic E-state index is -0.732. The molecule has 0 aliphatic carbocycles. The molecule has 0 spiro atoms. The van der Waals surface area contributed by atoms with E-state index in [1.54, 1.807) is 39.0 Å². The molecule has 7 heteroatoms. The fourth-order valence-corrected chi connectivity index (χ4v) is 2.06. The summed E-state index contributed by atoms with van der Waals surface area (Å²) in [4.78, 5) is 26.3. The van der Waals surface area contributed by atoms with Gasteiger partial charge in [0.1, 0.15) is 0 Å². The molecule has 0 bridgehead atoms. The van der Waals surface area contributed by atoms with E-state index < -0.39 is 16.2 Å². The van der Waals surface area contributed by atoms with E-state index in [4.69, 9.17) is 5.73 Å². The standard InChI is InChI=1S/C15H18N4O3/c1-9-7-11(17-8-15(2,3)14(16)20)10-5-4-6-12(19(21)22)13(10)18-9/h4-7H,8H2,1-3H3,(H2,16,20)(H,17,18). The lowest BCUT2D eigenvalue weighted by Crippen LogP contribution is -2.37. The summed E-state index contributed by atoms with van der Waals surface area (Å²) >= 11 is 0. The lowest BCUT2D eigenvalue weighted by atomic mass is 9.92. The van der Waals surface area contributed by atoms with Gasteiger partial charge in [-0.3, -0.25) is 14.9 Å². The molecule has 0 unspecified atom stereocenters. The minimum Gasteiger partial charge on any atom is -0.383 e. The molecule has 1 amide bonds. The van der Waals surface area contributed by atoms with Crippen molar-refractivity contribution in [2.45, 2.75) is 20.8 Å². The molecule has 0 radical (unpaired) electrons. The number of pyridine rings is 1. The number of non-ortho nitro benzene ring substituents is 1. The molecule has 0 atom stereocenters. The number of para-hydroxylation sites is 1. The summed E-state index contributed by atoms with van der Waals surface area (Å²) < 4.78 is 0. The highest BCUT2D eigenvalue weighted by Crippen LogP contribution is 2.30. The molecule has 7 nitrogen and oxygen atoms in total. The first-order chi connectivity index (χ1) is 10.2. The number of hydrogen-bond donors (Lipinski definition) is 2. The summed E-state index contributed by atoms with van der Waals surface area (Å²) in [5.41, 5.74) is 6.26. The number of aryl methyl sites for hydroxylation is 1. The number of fused-ring (bicyclic) bond motifs is 1. The van der Waals surface area contributed by atoms with Crippen LogP contribution < -0.4 is 11.1 Å². The number of anilines is 1. The molecule has 0 fully saturated rings. The van der Waals surface area contributed by atoms with Crippen molar-refractivity contribution in [3.05, 3.63) is 40.1 Å². The third-order valence-electron chi connectivity index (χ3n) is 3.53. The van der Waals surface area contributed by atoms with Crippen LogP contribution >= 0.6 is 0 Å². The molecular formula is C15H18N4O3. The molecule has 0 saturated heterocycles. The second-order valence-corrected chi connectivity index (χ2v) is 5.84. The molecule has 0 aliphatic heterocycles. The predicted octanol–water partition coefficient (Wildman–Crippen LogP) is 2.37. The van der Waals surface area contributed by atoms with Gasteiger partial charge < -0.3 is 11.1 Å². The summed E-state index contributed by atoms with van der Waals surface area (Å²) in [7, 11) is 0. The number of nitro benzene ring substituents is 1. The molecule has 3 N–H and O–H groups in total. The number of aromatic nitrogens is 1. The fraction of sp³-hybridized carbons (Fsp3) is 0.333. The average Bonchev–Trinajstić information content (AvgIpc) is 2.43. The van der Waals surface area contributed by atoms with Crippen molar-refractivity contribution in [3.63, 3.8) is 0 Å².